The standard InChI is InChI=1S/C42H23N3O2/c1-2-13-25(14-3-1)36-41-37(30-19-9-11-21-33(30)47-41)44-42(43-36)45-38-26-15-5-4-12-24(26)22-23-31(38)34-27-16-6-7-17-28(27)35-29-18-8-10-20-32(29)46-40(35)39(34)45/h1-23H. The molecule has 0 N–H and O–H groups in total. The van der Waals surface area contributed by atoms with Gasteiger partial charge in [0.15, 0.2) is 11.2 Å². The second-order valence-corrected chi connectivity index (χ2v) is 12.1. The van der Waals surface area contributed by atoms with Crippen LogP contribution in [0.4, 0.5) is 0 Å². The van der Waals surface area contributed by atoms with Crippen molar-refractivity contribution in [2.75, 3.05) is 0 Å². The maximum atomic E-state index is 6.84. The summed E-state index contributed by atoms with van der Waals surface area (Å²) in [6.07, 6.45) is 0. The minimum atomic E-state index is 0.566. The molecule has 11 aromatic rings. The van der Waals surface area contributed by atoms with Gasteiger partial charge in [0.05, 0.1) is 5.52 Å². The van der Waals surface area contributed by atoms with Crippen LogP contribution in [0.25, 0.3) is 105 Å². The van der Waals surface area contributed by atoms with Gasteiger partial charge in [-0.1, -0.05) is 121 Å². The van der Waals surface area contributed by atoms with Crippen molar-refractivity contribution in [1.29, 1.82) is 0 Å². The molecule has 0 spiro atoms. The van der Waals surface area contributed by atoms with Crippen LogP contribution in [-0.4, -0.2) is 14.5 Å². The molecule has 0 aliphatic heterocycles. The van der Waals surface area contributed by atoms with Crippen LogP contribution < -0.4 is 0 Å². The third-order valence-electron chi connectivity index (χ3n) is 9.59. The smallest absolute Gasteiger partial charge is 0.236 e. The molecule has 0 aliphatic rings. The van der Waals surface area contributed by atoms with E-state index in [0.29, 0.717) is 11.5 Å². The molecule has 5 heteroatoms. The minimum absolute atomic E-state index is 0.566. The van der Waals surface area contributed by atoms with Crippen molar-refractivity contribution in [2.24, 2.45) is 0 Å². The summed E-state index contributed by atoms with van der Waals surface area (Å²) in [4.78, 5) is 10.7. The number of nitrogens with zero attached hydrogens (tertiary/aromatic N) is 3. The lowest BCUT2D eigenvalue weighted by Crippen LogP contribution is -2.03. The highest BCUT2D eigenvalue weighted by Crippen LogP contribution is 2.47. The number of hydrogen-bond donors (Lipinski definition) is 0. The summed E-state index contributed by atoms with van der Waals surface area (Å²) in [5, 5.41) is 9.97. The summed E-state index contributed by atoms with van der Waals surface area (Å²) in [5.41, 5.74) is 7.61. The Morgan fingerprint density at radius 1 is 0.426 bits per heavy atom. The predicted molar refractivity (Wildman–Crippen MR) is 191 cm³/mol. The van der Waals surface area contributed by atoms with E-state index in [1.807, 2.05) is 48.5 Å². The van der Waals surface area contributed by atoms with E-state index in [1.54, 1.807) is 0 Å². The molecular weight excluding hydrogens is 578 g/mol. The lowest BCUT2D eigenvalue weighted by molar-refractivity contribution is 0.666. The third kappa shape index (κ3) is 3.27. The van der Waals surface area contributed by atoms with E-state index in [9.17, 15) is 0 Å². The van der Waals surface area contributed by atoms with Crippen LogP contribution in [0.15, 0.2) is 148 Å². The van der Waals surface area contributed by atoms with Crippen LogP contribution in [0.1, 0.15) is 0 Å². The van der Waals surface area contributed by atoms with E-state index >= 15 is 0 Å². The first-order valence-corrected chi connectivity index (χ1v) is 15.8. The van der Waals surface area contributed by atoms with Crippen LogP contribution in [-0.2, 0) is 0 Å². The maximum Gasteiger partial charge on any atom is 0.236 e. The van der Waals surface area contributed by atoms with E-state index in [1.165, 1.54) is 5.39 Å². The summed E-state index contributed by atoms with van der Waals surface area (Å²) >= 11 is 0. The average Bonchev–Trinajstić information content (AvgIpc) is 3.82. The molecule has 0 amide bonds. The molecule has 5 nitrogen and oxygen atoms in total. The summed E-state index contributed by atoms with van der Waals surface area (Å²) in [5.74, 6) is 0.566. The van der Waals surface area contributed by atoms with Gasteiger partial charge >= 0.3 is 0 Å². The van der Waals surface area contributed by atoms with Gasteiger partial charge in [-0.25, -0.2) is 9.97 Å². The van der Waals surface area contributed by atoms with Crippen molar-refractivity contribution in [3.05, 3.63) is 140 Å². The molecule has 7 aromatic carbocycles. The Labute approximate surface area is 266 Å². The Morgan fingerprint density at radius 2 is 1.04 bits per heavy atom. The monoisotopic (exact) mass is 601 g/mol. The SMILES string of the molecule is c1ccc(-c2nc(-n3c4c5ccccc5ccc4c4c5ccccc5c5c6ccccc6oc5c43)nc3c2oc2ccccc23)cc1. The van der Waals surface area contributed by atoms with Crippen molar-refractivity contribution in [2.45, 2.75) is 0 Å². The normalized spacial score (nSPS) is 12.3. The Hall–Kier alpha value is -6.46. The third-order valence-corrected chi connectivity index (χ3v) is 9.59. The summed E-state index contributed by atoms with van der Waals surface area (Å²) in [6, 6.07) is 48.2. The molecule has 0 aliphatic carbocycles. The minimum Gasteiger partial charge on any atom is -0.454 e. The van der Waals surface area contributed by atoms with E-state index in [-0.39, 0.29) is 0 Å². The van der Waals surface area contributed by atoms with Crippen molar-refractivity contribution < 1.29 is 8.83 Å². The van der Waals surface area contributed by atoms with E-state index in [2.05, 4.69) is 95.6 Å². The van der Waals surface area contributed by atoms with Crippen molar-refractivity contribution >= 4 is 87.4 Å². The van der Waals surface area contributed by atoms with E-state index in [4.69, 9.17) is 18.8 Å². The predicted octanol–water partition coefficient (Wildman–Crippen LogP) is 11.3. The van der Waals surface area contributed by atoms with Crippen LogP contribution in [0.3, 0.4) is 0 Å². The van der Waals surface area contributed by atoms with Gasteiger partial charge in [-0.15, -0.1) is 0 Å². The molecule has 4 heterocycles. The van der Waals surface area contributed by atoms with Gasteiger partial charge in [0.25, 0.3) is 0 Å². The fraction of sp³-hybridized carbons (Fsp3) is 0. The first kappa shape index (κ1) is 24.8. The van der Waals surface area contributed by atoms with Gasteiger partial charge < -0.3 is 8.83 Å². The molecule has 0 saturated heterocycles. The molecule has 4 aromatic heterocycles. The van der Waals surface area contributed by atoms with Gasteiger partial charge in [-0.3, -0.25) is 4.57 Å². The molecule has 0 atom stereocenters. The Kier molecular flexibility index (Phi) is 4.78. The van der Waals surface area contributed by atoms with Crippen molar-refractivity contribution in [3.63, 3.8) is 0 Å². The van der Waals surface area contributed by atoms with Crippen LogP contribution in [0, 0.1) is 0 Å². The lowest BCUT2D eigenvalue weighted by Gasteiger charge is -2.11. The van der Waals surface area contributed by atoms with E-state index in [0.717, 1.165) is 87.6 Å². The van der Waals surface area contributed by atoms with Crippen molar-refractivity contribution in [3.8, 4) is 17.2 Å². The molecular formula is C42H23N3O2. The Morgan fingerprint density at radius 3 is 1.85 bits per heavy atom. The first-order valence-electron chi connectivity index (χ1n) is 15.8. The van der Waals surface area contributed by atoms with E-state index < -0.39 is 0 Å². The van der Waals surface area contributed by atoms with Gasteiger partial charge in [-0.05, 0) is 34.4 Å². The fourth-order valence-corrected chi connectivity index (χ4v) is 7.61. The van der Waals surface area contributed by atoms with Crippen molar-refractivity contribution in [1.82, 2.24) is 14.5 Å². The largest absolute Gasteiger partial charge is 0.454 e. The lowest BCUT2D eigenvalue weighted by atomic mass is 9.98. The number of para-hydroxylation sites is 2. The molecule has 47 heavy (non-hydrogen) atoms. The molecule has 0 saturated carbocycles. The van der Waals surface area contributed by atoms with Gasteiger partial charge in [-0.2, -0.15) is 0 Å². The molecule has 218 valence electrons. The van der Waals surface area contributed by atoms with Crippen LogP contribution >= 0.6 is 0 Å². The molecule has 0 bridgehead atoms. The zero-order chi connectivity index (χ0) is 30.6. The Balaban J connectivity index is 1.44. The highest BCUT2D eigenvalue weighted by atomic mass is 16.3. The molecule has 0 fully saturated rings. The second kappa shape index (κ2) is 9.05. The molecule has 0 radical (unpaired) electrons. The fourth-order valence-electron chi connectivity index (χ4n) is 7.61. The topological polar surface area (TPSA) is 57.0 Å². The number of benzene rings is 7. The van der Waals surface area contributed by atoms with Gasteiger partial charge in [0, 0.05) is 37.9 Å². The number of aromatic nitrogens is 3. The first-order chi connectivity index (χ1) is 23.3. The van der Waals surface area contributed by atoms with Crippen LogP contribution in [0.2, 0.25) is 0 Å². The molecule has 0 unspecified atom stereocenters. The second-order valence-electron chi connectivity index (χ2n) is 12.1. The Bertz CT molecular complexity index is 3070. The average molecular weight is 602 g/mol. The van der Waals surface area contributed by atoms with Gasteiger partial charge in [0.1, 0.15) is 27.9 Å². The summed E-state index contributed by atoms with van der Waals surface area (Å²) in [7, 11) is 0. The summed E-state index contributed by atoms with van der Waals surface area (Å²) < 4.78 is 15.5. The van der Waals surface area contributed by atoms with Crippen LogP contribution in [0.5, 0.6) is 0 Å². The van der Waals surface area contributed by atoms with Gasteiger partial charge in [0.2, 0.25) is 5.95 Å². The zero-order valence-corrected chi connectivity index (χ0v) is 24.9. The number of fused-ring (bicyclic) bond motifs is 15. The zero-order valence-electron chi connectivity index (χ0n) is 24.9. The maximum absolute atomic E-state index is 6.84. The quantitative estimate of drug-likeness (QED) is 0.198. The number of rotatable bonds is 2. The molecule has 11 rings (SSSR count). The number of furan rings is 2. The summed E-state index contributed by atoms with van der Waals surface area (Å²) in [6.45, 7) is 0. The highest BCUT2D eigenvalue weighted by molar-refractivity contribution is 6.36. The number of hydrogen-bond acceptors (Lipinski definition) is 4. The highest BCUT2D eigenvalue weighted by Gasteiger charge is 2.26.